The van der Waals surface area contributed by atoms with Crippen LogP contribution in [0.2, 0.25) is 0 Å². The fraction of sp³-hybridized carbons (Fsp3) is 0.562. The summed E-state index contributed by atoms with van der Waals surface area (Å²) in [5.74, 6) is 1.32. The van der Waals surface area contributed by atoms with E-state index in [1.54, 1.807) is 14.2 Å². The number of aliphatic hydroxyl groups is 1. The van der Waals surface area contributed by atoms with Crippen LogP contribution in [0.5, 0.6) is 11.5 Å². The summed E-state index contributed by atoms with van der Waals surface area (Å²) in [5, 5.41) is 15.5. The van der Waals surface area contributed by atoms with Gasteiger partial charge in [-0.15, -0.1) is 12.4 Å². The second kappa shape index (κ2) is 14.1. The highest BCUT2D eigenvalue weighted by atomic mass is 35.5. The molecular weight excluding hydrogens is 320 g/mol. The molecule has 7 heteroatoms. The van der Waals surface area contributed by atoms with Gasteiger partial charge in [0, 0.05) is 19.1 Å². The van der Waals surface area contributed by atoms with Crippen molar-refractivity contribution in [2.75, 3.05) is 20.8 Å². The van der Waals surface area contributed by atoms with Crippen molar-refractivity contribution in [1.29, 1.82) is 0 Å². The number of rotatable bonds is 8. The largest absolute Gasteiger partial charge is 0.493 e. The minimum absolute atomic E-state index is 0. The molecule has 3 N–H and O–H groups in total. The maximum Gasteiger partial charge on any atom is 0.206 e. The Bertz CT molecular complexity index is 419. The average molecular weight is 349 g/mol. The van der Waals surface area contributed by atoms with E-state index < -0.39 is 6.10 Å². The molecule has 1 aromatic carbocycles. The lowest BCUT2D eigenvalue weighted by Gasteiger charge is -2.23. The molecule has 1 amide bonds. The molecule has 0 aliphatic rings. The molecule has 2 unspecified atom stereocenters. The topological polar surface area (TPSA) is 79.8 Å². The molecule has 6 nitrogen and oxygen atoms in total. The van der Waals surface area contributed by atoms with Crippen LogP contribution in [0, 0.1) is 0 Å². The molecule has 0 heterocycles. The van der Waals surface area contributed by atoms with Gasteiger partial charge in [-0.3, -0.25) is 4.79 Å². The van der Waals surface area contributed by atoms with Crippen molar-refractivity contribution >= 4 is 18.8 Å². The van der Waals surface area contributed by atoms with Crippen LogP contribution in [0.3, 0.4) is 0 Å². The van der Waals surface area contributed by atoms with Crippen molar-refractivity contribution in [2.24, 2.45) is 0 Å². The lowest BCUT2D eigenvalue weighted by Crippen LogP contribution is -2.43. The predicted octanol–water partition coefficient (Wildman–Crippen LogP) is 1.61. The van der Waals surface area contributed by atoms with E-state index in [9.17, 15) is 5.11 Å². The molecular formula is C16H29ClN2O4. The van der Waals surface area contributed by atoms with E-state index in [2.05, 4.69) is 10.6 Å². The van der Waals surface area contributed by atoms with Crippen molar-refractivity contribution in [3.63, 3.8) is 0 Å². The molecule has 134 valence electrons. The number of ether oxygens (including phenoxy) is 2. The Balaban J connectivity index is 0. The van der Waals surface area contributed by atoms with Gasteiger partial charge < -0.3 is 25.2 Å². The smallest absolute Gasteiger partial charge is 0.206 e. The van der Waals surface area contributed by atoms with E-state index in [0.717, 1.165) is 0 Å². The third-order valence-corrected chi connectivity index (χ3v) is 2.77. The molecule has 2 atom stereocenters. The van der Waals surface area contributed by atoms with Gasteiger partial charge in [0.05, 0.1) is 7.11 Å². The van der Waals surface area contributed by atoms with E-state index in [1.807, 2.05) is 45.0 Å². The number of benzene rings is 1. The predicted molar refractivity (Wildman–Crippen MR) is 94.6 cm³/mol. The fourth-order valence-electron chi connectivity index (χ4n) is 1.69. The Morgan fingerprint density at radius 2 is 1.74 bits per heavy atom. The van der Waals surface area contributed by atoms with Gasteiger partial charge in [-0.2, -0.15) is 0 Å². The van der Waals surface area contributed by atoms with Gasteiger partial charge in [-0.25, -0.2) is 0 Å². The summed E-state index contributed by atoms with van der Waals surface area (Å²) < 4.78 is 10.8. The quantitative estimate of drug-likeness (QED) is 0.622. The Labute approximate surface area is 145 Å². The minimum atomic E-state index is -0.558. The number of para-hydroxylation sites is 2. The van der Waals surface area contributed by atoms with Crippen LogP contribution in [-0.4, -0.2) is 50.5 Å². The van der Waals surface area contributed by atoms with Crippen LogP contribution in [0.1, 0.15) is 20.8 Å². The first kappa shape index (κ1) is 23.8. The lowest BCUT2D eigenvalue weighted by atomic mass is 10.2. The number of carbonyl (C=O) groups is 1. The van der Waals surface area contributed by atoms with Crippen LogP contribution in [0.4, 0.5) is 0 Å². The van der Waals surface area contributed by atoms with Crippen LogP contribution in [0.25, 0.3) is 0 Å². The standard InChI is InChI=1S/C14H23NO3.C2H5NO.ClH/c1-10(2)15-11(3)12(16)9-18-14-8-6-5-7-13(14)17-4;1-3-2-4;/h5-8,10-12,15-16H,9H2,1-4H3;2H,1H3,(H,3,4);1H. The Kier molecular flexibility index (Phi) is 14.6. The SMILES string of the molecule is CNC=O.COc1ccccc1OCC(O)C(C)NC(C)C.Cl. The van der Waals surface area contributed by atoms with Crippen LogP contribution in [-0.2, 0) is 4.79 Å². The summed E-state index contributed by atoms with van der Waals surface area (Å²) in [4.78, 5) is 9.06. The molecule has 0 aromatic heterocycles. The highest BCUT2D eigenvalue weighted by molar-refractivity contribution is 5.85. The number of aliphatic hydroxyl groups excluding tert-OH is 1. The van der Waals surface area contributed by atoms with Gasteiger partial charge in [0.2, 0.25) is 6.41 Å². The normalized spacial score (nSPS) is 12.1. The summed E-state index contributed by atoms with van der Waals surface area (Å²) in [5.41, 5.74) is 0. The third kappa shape index (κ3) is 10.8. The number of hydrogen-bond donors (Lipinski definition) is 3. The molecule has 0 saturated carbocycles. The molecule has 1 aromatic rings. The highest BCUT2D eigenvalue weighted by Gasteiger charge is 2.16. The maximum absolute atomic E-state index is 9.96. The van der Waals surface area contributed by atoms with Crippen LogP contribution >= 0.6 is 12.4 Å². The van der Waals surface area contributed by atoms with Crippen molar-refractivity contribution in [1.82, 2.24) is 10.6 Å². The second-order valence-corrected chi connectivity index (χ2v) is 5.05. The van der Waals surface area contributed by atoms with Crippen molar-refractivity contribution < 1.29 is 19.4 Å². The number of carbonyl (C=O) groups excluding carboxylic acids is 1. The Hall–Kier alpha value is -1.50. The van der Waals surface area contributed by atoms with E-state index in [1.165, 1.54) is 0 Å². The van der Waals surface area contributed by atoms with Gasteiger partial charge in [-0.05, 0) is 19.1 Å². The summed E-state index contributed by atoms with van der Waals surface area (Å²) in [6, 6.07) is 7.73. The zero-order chi connectivity index (χ0) is 17.0. The van der Waals surface area contributed by atoms with Crippen molar-refractivity contribution in [3.05, 3.63) is 24.3 Å². The number of halogens is 1. The van der Waals surface area contributed by atoms with Crippen molar-refractivity contribution in [2.45, 2.75) is 39.0 Å². The van der Waals surface area contributed by atoms with E-state index in [0.29, 0.717) is 24.0 Å². The van der Waals surface area contributed by atoms with Crippen molar-refractivity contribution in [3.8, 4) is 11.5 Å². The zero-order valence-electron chi connectivity index (χ0n) is 14.4. The molecule has 0 spiro atoms. The Morgan fingerprint density at radius 1 is 1.22 bits per heavy atom. The molecule has 0 saturated heterocycles. The minimum Gasteiger partial charge on any atom is -0.493 e. The van der Waals surface area contributed by atoms with Crippen LogP contribution in [0.15, 0.2) is 24.3 Å². The first-order valence-corrected chi connectivity index (χ1v) is 7.27. The summed E-state index contributed by atoms with van der Waals surface area (Å²) >= 11 is 0. The molecule has 0 fully saturated rings. The maximum atomic E-state index is 9.96. The average Bonchev–Trinajstić information content (AvgIpc) is 2.52. The molecule has 0 bridgehead atoms. The summed E-state index contributed by atoms with van der Waals surface area (Å²) in [6.07, 6.45) is 0.0670. The first-order chi connectivity index (χ1) is 10.5. The zero-order valence-corrected chi connectivity index (χ0v) is 15.2. The number of amides is 1. The lowest BCUT2D eigenvalue weighted by molar-refractivity contribution is -0.109. The molecule has 0 radical (unpaired) electrons. The van der Waals surface area contributed by atoms with Gasteiger partial charge in [-0.1, -0.05) is 26.0 Å². The monoisotopic (exact) mass is 348 g/mol. The summed E-state index contributed by atoms with van der Waals surface area (Å²) in [6.45, 7) is 6.27. The van der Waals surface area contributed by atoms with E-state index >= 15 is 0 Å². The fourth-order valence-corrected chi connectivity index (χ4v) is 1.69. The second-order valence-electron chi connectivity index (χ2n) is 5.05. The molecule has 0 aliphatic carbocycles. The highest BCUT2D eigenvalue weighted by Crippen LogP contribution is 2.25. The van der Waals surface area contributed by atoms with Gasteiger partial charge >= 0.3 is 0 Å². The number of hydrogen-bond acceptors (Lipinski definition) is 5. The Morgan fingerprint density at radius 3 is 2.17 bits per heavy atom. The summed E-state index contributed by atoms with van der Waals surface area (Å²) in [7, 11) is 3.16. The van der Waals surface area contributed by atoms with Crippen LogP contribution < -0.4 is 20.1 Å². The molecule has 23 heavy (non-hydrogen) atoms. The van der Waals surface area contributed by atoms with Gasteiger partial charge in [0.15, 0.2) is 11.5 Å². The van der Waals surface area contributed by atoms with Gasteiger partial charge in [0.1, 0.15) is 12.7 Å². The first-order valence-electron chi connectivity index (χ1n) is 7.27. The number of nitrogens with one attached hydrogen (secondary N) is 2. The van der Waals surface area contributed by atoms with Gasteiger partial charge in [0.25, 0.3) is 0 Å². The number of methoxy groups -OCH3 is 1. The van der Waals surface area contributed by atoms with E-state index in [4.69, 9.17) is 14.3 Å². The van der Waals surface area contributed by atoms with E-state index in [-0.39, 0.29) is 25.1 Å². The molecule has 0 aliphatic heterocycles. The molecule has 1 rings (SSSR count). The third-order valence-electron chi connectivity index (χ3n) is 2.77.